The Kier molecular flexibility index (Phi) is 7.10. The molecule has 5 rings (SSSR count). The minimum Gasteiger partial charge on any atom is -0.494 e. The number of carbonyl (C=O) groups excluding carboxylic acids is 1. The third-order valence-electron chi connectivity index (χ3n) is 6.44. The van der Waals surface area contributed by atoms with Crippen molar-refractivity contribution < 1.29 is 19.0 Å². The molecular formula is C32H26N2O4. The number of benzene rings is 4. The van der Waals surface area contributed by atoms with Crippen molar-refractivity contribution in [3.8, 4) is 23.3 Å². The van der Waals surface area contributed by atoms with Gasteiger partial charge >= 0.3 is 5.97 Å². The molecule has 6 nitrogen and oxygen atoms in total. The number of hydrogen-bond donors (Lipinski definition) is 1. The Bertz CT molecular complexity index is 1480. The zero-order valence-corrected chi connectivity index (χ0v) is 20.8. The van der Waals surface area contributed by atoms with Crippen LogP contribution in [0.15, 0.2) is 115 Å². The quantitative estimate of drug-likeness (QED) is 0.245. The maximum absolute atomic E-state index is 13.5. The smallest absolute Gasteiger partial charge is 0.323 e. The van der Waals surface area contributed by atoms with E-state index in [0.717, 1.165) is 22.3 Å². The molecule has 0 aromatic heterocycles. The van der Waals surface area contributed by atoms with Crippen molar-refractivity contribution in [1.29, 1.82) is 5.26 Å². The summed E-state index contributed by atoms with van der Waals surface area (Å²) in [5.41, 5.74) is 9.68. The van der Waals surface area contributed by atoms with E-state index in [-0.39, 0.29) is 5.88 Å². The third kappa shape index (κ3) is 4.82. The van der Waals surface area contributed by atoms with Gasteiger partial charge in [0.2, 0.25) is 5.88 Å². The van der Waals surface area contributed by atoms with Crippen LogP contribution in [0.4, 0.5) is 0 Å². The average Bonchev–Trinajstić information content (AvgIpc) is 2.94. The molecular weight excluding hydrogens is 476 g/mol. The summed E-state index contributed by atoms with van der Waals surface area (Å²) in [4.78, 5) is 13.5. The van der Waals surface area contributed by atoms with Gasteiger partial charge in [0.1, 0.15) is 34.8 Å². The van der Waals surface area contributed by atoms with E-state index in [4.69, 9.17) is 19.9 Å². The first-order valence-electron chi connectivity index (χ1n) is 12.4. The second-order valence-corrected chi connectivity index (χ2v) is 8.77. The molecule has 38 heavy (non-hydrogen) atoms. The van der Waals surface area contributed by atoms with Gasteiger partial charge in [-0.05, 0) is 30.2 Å². The summed E-state index contributed by atoms with van der Waals surface area (Å²) in [5.74, 6) is -0.107. The van der Waals surface area contributed by atoms with Crippen molar-refractivity contribution in [3.63, 3.8) is 0 Å². The van der Waals surface area contributed by atoms with Crippen LogP contribution in [0.3, 0.4) is 0 Å². The standard InChI is InChI=1S/C32H26N2O4/c1-2-36-27-16-10-9-15-24(27)30-25-18-17-23(19-28(25)38-31(34)26(30)20-33)37-32(35)29(21-11-5-3-6-12-21)22-13-7-4-8-14-22/h3-19,29-30H,2,34H2,1H3. The minimum absolute atomic E-state index is 0.00576. The summed E-state index contributed by atoms with van der Waals surface area (Å²) in [7, 11) is 0. The average molecular weight is 503 g/mol. The summed E-state index contributed by atoms with van der Waals surface area (Å²) in [6.07, 6.45) is 0. The second kappa shape index (κ2) is 10.9. The largest absolute Gasteiger partial charge is 0.494 e. The number of fused-ring (bicyclic) bond motifs is 1. The first-order valence-corrected chi connectivity index (χ1v) is 12.4. The number of rotatable bonds is 7. The van der Waals surface area contributed by atoms with Gasteiger partial charge in [-0.15, -0.1) is 0 Å². The summed E-state index contributed by atoms with van der Waals surface area (Å²) in [6.45, 7) is 2.38. The highest BCUT2D eigenvalue weighted by Crippen LogP contribution is 2.46. The maximum Gasteiger partial charge on any atom is 0.323 e. The fourth-order valence-electron chi connectivity index (χ4n) is 4.76. The molecule has 1 atom stereocenters. The number of nitrogens with zero attached hydrogens (tertiary/aromatic N) is 1. The number of esters is 1. The van der Waals surface area contributed by atoms with Crippen LogP contribution in [-0.2, 0) is 4.79 Å². The lowest BCUT2D eigenvalue weighted by Gasteiger charge is -2.28. The van der Waals surface area contributed by atoms with E-state index in [9.17, 15) is 10.1 Å². The van der Waals surface area contributed by atoms with Crippen molar-refractivity contribution in [3.05, 3.63) is 137 Å². The Morgan fingerprint density at radius 2 is 1.55 bits per heavy atom. The number of ether oxygens (including phenoxy) is 3. The van der Waals surface area contributed by atoms with Crippen molar-refractivity contribution in [2.24, 2.45) is 5.73 Å². The normalized spacial score (nSPS) is 14.3. The summed E-state index contributed by atoms with van der Waals surface area (Å²) in [5, 5.41) is 9.91. The highest BCUT2D eigenvalue weighted by molar-refractivity contribution is 5.84. The topological polar surface area (TPSA) is 94.6 Å². The molecule has 4 aromatic carbocycles. The molecule has 0 radical (unpaired) electrons. The Morgan fingerprint density at radius 1 is 0.921 bits per heavy atom. The zero-order chi connectivity index (χ0) is 26.5. The Hall–Kier alpha value is -5.02. The molecule has 1 aliphatic heterocycles. The van der Waals surface area contributed by atoms with Gasteiger partial charge < -0.3 is 19.9 Å². The number of carbonyl (C=O) groups is 1. The van der Waals surface area contributed by atoms with Crippen LogP contribution in [0.2, 0.25) is 0 Å². The summed E-state index contributed by atoms with van der Waals surface area (Å²) in [6, 6.07) is 33.9. The number of para-hydroxylation sites is 1. The van der Waals surface area contributed by atoms with Gasteiger partial charge in [0, 0.05) is 17.2 Å². The predicted molar refractivity (Wildman–Crippen MR) is 144 cm³/mol. The SMILES string of the molecule is CCOc1ccccc1C1C(C#N)=C(N)Oc2cc(OC(=O)C(c3ccccc3)c3ccccc3)ccc21. The van der Waals surface area contributed by atoms with Crippen LogP contribution in [0, 0.1) is 11.3 Å². The van der Waals surface area contributed by atoms with Gasteiger partial charge in [0.05, 0.1) is 12.5 Å². The maximum atomic E-state index is 13.5. The van der Waals surface area contributed by atoms with Gasteiger partial charge in [-0.25, -0.2) is 0 Å². The molecule has 0 saturated heterocycles. The first kappa shape index (κ1) is 24.7. The fraction of sp³-hybridized carbons (Fsp3) is 0.125. The third-order valence-corrected chi connectivity index (χ3v) is 6.44. The van der Waals surface area contributed by atoms with Crippen LogP contribution in [0.25, 0.3) is 0 Å². The van der Waals surface area contributed by atoms with E-state index in [1.54, 1.807) is 18.2 Å². The molecule has 0 fully saturated rings. The van der Waals surface area contributed by atoms with E-state index in [0.29, 0.717) is 29.4 Å². The molecule has 0 aliphatic carbocycles. The lowest BCUT2D eigenvalue weighted by Crippen LogP contribution is -2.22. The Labute approximate surface area is 221 Å². The molecule has 1 aliphatic rings. The fourth-order valence-corrected chi connectivity index (χ4v) is 4.76. The first-order chi connectivity index (χ1) is 18.6. The molecule has 4 aromatic rings. The molecule has 0 saturated carbocycles. The van der Waals surface area contributed by atoms with E-state index in [1.165, 1.54) is 0 Å². The molecule has 0 amide bonds. The van der Waals surface area contributed by atoms with E-state index in [2.05, 4.69) is 6.07 Å². The van der Waals surface area contributed by atoms with Crippen LogP contribution in [-0.4, -0.2) is 12.6 Å². The number of hydrogen-bond acceptors (Lipinski definition) is 6. The van der Waals surface area contributed by atoms with Crippen LogP contribution in [0.1, 0.15) is 41.0 Å². The number of allylic oxidation sites excluding steroid dienone is 1. The van der Waals surface area contributed by atoms with Gasteiger partial charge in [0.15, 0.2) is 0 Å². The van der Waals surface area contributed by atoms with Crippen molar-refractivity contribution >= 4 is 5.97 Å². The van der Waals surface area contributed by atoms with Crippen LogP contribution in [0.5, 0.6) is 17.2 Å². The lowest BCUT2D eigenvalue weighted by atomic mass is 9.83. The molecule has 1 heterocycles. The van der Waals surface area contributed by atoms with Gasteiger partial charge in [0.25, 0.3) is 0 Å². The Balaban J connectivity index is 1.50. The Morgan fingerprint density at radius 3 is 2.18 bits per heavy atom. The number of nitriles is 1. The van der Waals surface area contributed by atoms with Crippen molar-refractivity contribution in [1.82, 2.24) is 0 Å². The lowest BCUT2D eigenvalue weighted by molar-refractivity contribution is -0.135. The van der Waals surface area contributed by atoms with Crippen LogP contribution < -0.4 is 19.9 Å². The molecule has 1 unspecified atom stereocenters. The molecule has 2 N–H and O–H groups in total. The van der Waals surface area contributed by atoms with E-state index in [1.807, 2.05) is 91.9 Å². The molecule has 188 valence electrons. The van der Waals surface area contributed by atoms with Gasteiger partial charge in [-0.3, -0.25) is 4.79 Å². The molecule has 0 spiro atoms. The van der Waals surface area contributed by atoms with Gasteiger partial charge in [-0.2, -0.15) is 5.26 Å². The molecule has 6 heteroatoms. The number of nitrogens with two attached hydrogens (primary N) is 1. The van der Waals surface area contributed by atoms with Crippen molar-refractivity contribution in [2.75, 3.05) is 6.61 Å². The second-order valence-electron chi connectivity index (χ2n) is 8.77. The zero-order valence-electron chi connectivity index (χ0n) is 20.8. The highest BCUT2D eigenvalue weighted by Gasteiger charge is 2.33. The summed E-state index contributed by atoms with van der Waals surface area (Å²) < 4.78 is 17.6. The van der Waals surface area contributed by atoms with Gasteiger partial charge in [-0.1, -0.05) is 84.9 Å². The monoisotopic (exact) mass is 502 g/mol. The van der Waals surface area contributed by atoms with Crippen molar-refractivity contribution in [2.45, 2.75) is 18.8 Å². The minimum atomic E-state index is -0.602. The highest BCUT2D eigenvalue weighted by atomic mass is 16.5. The van der Waals surface area contributed by atoms with Crippen LogP contribution >= 0.6 is 0 Å². The van der Waals surface area contributed by atoms with E-state index < -0.39 is 17.8 Å². The summed E-state index contributed by atoms with van der Waals surface area (Å²) >= 11 is 0. The van der Waals surface area contributed by atoms with E-state index >= 15 is 0 Å². The predicted octanol–water partition coefficient (Wildman–Crippen LogP) is 6.04. The molecule has 0 bridgehead atoms.